The lowest BCUT2D eigenvalue weighted by atomic mass is 9.46. The fraction of sp³-hybridized carbons (Fsp3) is 0.741. The van der Waals surface area contributed by atoms with E-state index in [9.17, 15) is 24.6 Å². The molecule has 0 aromatic heterocycles. The number of fused-ring (bicyclic) bond motifs is 5. The van der Waals surface area contributed by atoms with Gasteiger partial charge in [0.25, 0.3) is 0 Å². The Morgan fingerprint density at radius 3 is 2.53 bits per heavy atom. The molecule has 3 unspecified atom stereocenters. The van der Waals surface area contributed by atoms with Crippen LogP contribution in [-0.2, 0) is 19.1 Å². The Hall–Kier alpha value is -1.99. The third-order valence-corrected chi connectivity index (χ3v) is 9.09. The van der Waals surface area contributed by atoms with Gasteiger partial charge in [0.2, 0.25) is 5.78 Å². The average molecular weight is 477 g/mol. The van der Waals surface area contributed by atoms with Gasteiger partial charge in [0.05, 0.1) is 12.7 Å². The van der Waals surface area contributed by atoms with Crippen molar-refractivity contribution < 1.29 is 34.1 Å². The normalized spacial score (nSPS) is 42.3. The summed E-state index contributed by atoms with van der Waals surface area (Å²) in [5.74, 6) is -0.826. The molecule has 0 heterocycles. The van der Waals surface area contributed by atoms with Crippen molar-refractivity contribution in [2.24, 2.45) is 34.5 Å². The molecule has 4 aliphatic carbocycles. The second-order valence-corrected chi connectivity index (χ2v) is 10.5. The first-order valence-corrected chi connectivity index (χ1v) is 12.7. The van der Waals surface area contributed by atoms with Gasteiger partial charge in [-0.25, -0.2) is 4.79 Å². The van der Waals surface area contributed by atoms with Gasteiger partial charge in [0, 0.05) is 16.7 Å². The van der Waals surface area contributed by atoms with Gasteiger partial charge in [-0.05, 0) is 62.5 Å². The Bertz CT molecular complexity index is 891. The molecule has 0 saturated heterocycles. The van der Waals surface area contributed by atoms with Gasteiger partial charge < -0.3 is 19.7 Å². The number of aliphatic hydroxyl groups excluding tert-OH is 1. The number of ketones is 2. The minimum atomic E-state index is -1.70. The fourth-order valence-corrected chi connectivity index (χ4v) is 7.65. The van der Waals surface area contributed by atoms with Crippen molar-refractivity contribution in [1.29, 1.82) is 0 Å². The van der Waals surface area contributed by atoms with Crippen LogP contribution in [0.5, 0.6) is 0 Å². The summed E-state index contributed by atoms with van der Waals surface area (Å²) in [7, 11) is 0. The lowest BCUT2D eigenvalue weighted by Gasteiger charge is -2.59. The first-order chi connectivity index (χ1) is 16.0. The number of ether oxygens (including phenoxy) is 2. The number of hydrogen-bond acceptors (Lipinski definition) is 7. The molecule has 4 aliphatic rings. The molecular weight excluding hydrogens is 436 g/mol. The number of allylic oxidation sites excluding steroid dienone is 4. The standard InChI is InChI=1S/C25H34O7.C2H6/c1-5-31-22(29)32-13-20(28)25(30)14(2)10-18-17-7-6-15-11-16(26)8-9-23(15,3)21(17)19(27)12-24(18,25)4;1-2/h8-9,11,14,17-19,21,27,30H,5-7,10,12-13H2,1-4H3;1-2H3/t14-,17?,18?,19+,21?,23-,24-,25-;/m0./s1. The number of carbonyl (C=O) groups is 3. The monoisotopic (exact) mass is 476 g/mol. The maximum absolute atomic E-state index is 13.2. The SMILES string of the molecule is CC.CCOC(=O)OCC(=O)[C@@]1(O)[C@@H](C)CC2C3CCC4=CC(=O)C=C[C@]4(C)C3[C@H](O)C[C@@]21C. The van der Waals surface area contributed by atoms with E-state index in [4.69, 9.17) is 9.47 Å². The third-order valence-electron chi connectivity index (χ3n) is 9.09. The zero-order valence-electron chi connectivity index (χ0n) is 21.3. The van der Waals surface area contributed by atoms with Gasteiger partial charge in [-0.3, -0.25) is 9.59 Å². The van der Waals surface area contributed by atoms with E-state index in [1.54, 1.807) is 19.1 Å². The van der Waals surface area contributed by atoms with E-state index in [1.165, 1.54) is 0 Å². The first-order valence-electron chi connectivity index (χ1n) is 12.7. The zero-order chi connectivity index (χ0) is 25.5. The van der Waals surface area contributed by atoms with Gasteiger partial charge in [-0.15, -0.1) is 0 Å². The molecule has 7 heteroatoms. The summed E-state index contributed by atoms with van der Waals surface area (Å²) < 4.78 is 9.68. The lowest BCUT2D eigenvalue weighted by Crippen LogP contribution is -2.62. The van der Waals surface area contributed by atoms with Crippen LogP contribution in [-0.4, -0.2) is 52.9 Å². The maximum Gasteiger partial charge on any atom is 0.508 e. The van der Waals surface area contributed by atoms with Crippen LogP contribution < -0.4 is 0 Å². The molecule has 2 N–H and O–H groups in total. The summed E-state index contributed by atoms with van der Waals surface area (Å²) in [4.78, 5) is 36.8. The predicted octanol–water partition coefficient (Wildman–Crippen LogP) is 4.01. The van der Waals surface area contributed by atoms with Crippen molar-refractivity contribution in [3.63, 3.8) is 0 Å². The summed E-state index contributed by atoms with van der Waals surface area (Å²) in [6.45, 7) is 11.1. The quantitative estimate of drug-likeness (QED) is 0.590. The Kier molecular flexibility index (Phi) is 7.49. The van der Waals surface area contributed by atoms with E-state index in [2.05, 4.69) is 6.92 Å². The van der Waals surface area contributed by atoms with Gasteiger partial charge in [0.1, 0.15) is 5.60 Å². The van der Waals surface area contributed by atoms with Crippen LogP contribution in [0.2, 0.25) is 0 Å². The van der Waals surface area contributed by atoms with Gasteiger partial charge in [0.15, 0.2) is 12.4 Å². The van der Waals surface area contributed by atoms with E-state index in [0.717, 1.165) is 18.4 Å². The van der Waals surface area contributed by atoms with E-state index in [0.29, 0.717) is 6.42 Å². The van der Waals surface area contributed by atoms with Crippen molar-refractivity contribution in [1.82, 2.24) is 0 Å². The van der Waals surface area contributed by atoms with Crippen LogP contribution in [0.25, 0.3) is 0 Å². The number of rotatable bonds is 4. The van der Waals surface area contributed by atoms with Crippen molar-refractivity contribution in [2.45, 2.75) is 78.9 Å². The highest BCUT2D eigenvalue weighted by molar-refractivity contribution is 6.01. The largest absolute Gasteiger partial charge is 0.508 e. The highest BCUT2D eigenvalue weighted by atomic mass is 16.7. The van der Waals surface area contributed by atoms with E-state index < -0.39 is 41.1 Å². The molecule has 4 rings (SSSR count). The van der Waals surface area contributed by atoms with E-state index in [-0.39, 0.29) is 42.5 Å². The Labute approximate surface area is 202 Å². The smallest absolute Gasteiger partial charge is 0.435 e. The van der Waals surface area contributed by atoms with Gasteiger partial charge in [-0.1, -0.05) is 46.3 Å². The van der Waals surface area contributed by atoms with Crippen molar-refractivity contribution in [3.05, 3.63) is 23.8 Å². The van der Waals surface area contributed by atoms with Crippen LogP contribution in [0.3, 0.4) is 0 Å². The Morgan fingerprint density at radius 2 is 1.88 bits per heavy atom. The highest BCUT2D eigenvalue weighted by Gasteiger charge is 2.70. The van der Waals surface area contributed by atoms with Crippen molar-refractivity contribution in [3.8, 4) is 0 Å². The van der Waals surface area contributed by atoms with Gasteiger partial charge in [-0.2, -0.15) is 0 Å². The molecule has 7 nitrogen and oxygen atoms in total. The predicted molar refractivity (Wildman–Crippen MR) is 127 cm³/mol. The number of carbonyl (C=O) groups excluding carboxylic acids is 3. The zero-order valence-corrected chi connectivity index (χ0v) is 21.3. The molecule has 0 radical (unpaired) electrons. The molecule has 0 amide bonds. The summed E-state index contributed by atoms with van der Waals surface area (Å²) in [5.41, 5.74) is -1.88. The van der Waals surface area contributed by atoms with E-state index in [1.807, 2.05) is 33.8 Å². The van der Waals surface area contributed by atoms with Crippen LogP contribution in [0.15, 0.2) is 23.8 Å². The van der Waals surface area contributed by atoms with Crippen molar-refractivity contribution >= 4 is 17.7 Å². The average Bonchev–Trinajstić information content (AvgIpc) is 3.00. The molecular formula is C27H40O7. The van der Waals surface area contributed by atoms with Crippen LogP contribution in [0.1, 0.15) is 67.2 Å². The third kappa shape index (κ3) is 3.85. The molecule has 34 heavy (non-hydrogen) atoms. The Balaban J connectivity index is 0.00000158. The van der Waals surface area contributed by atoms with Gasteiger partial charge >= 0.3 is 6.16 Å². The summed E-state index contributed by atoms with van der Waals surface area (Å²) in [6, 6.07) is 0. The fourth-order valence-electron chi connectivity index (χ4n) is 7.65. The molecule has 0 bridgehead atoms. The molecule has 8 atom stereocenters. The summed E-state index contributed by atoms with van der Waals surface area (Å²) >= 11 is 0. The van der Waals surface area contributed by atoms with Crippen LogP contribution in [0, 0.1) is 34.5 Å². The summed E-state index contributed by atoms with van der Waals surface area (Å²) in [5, 5.41) is 23.2. The molecule has 0 aliphatic heterocycles. The molecule has 3 saturated carbocycles. The molecule has 190 valence electrons. The second-order valence-electron chi connectivity index (χ2n) is 10.5. The van der Waals surface area contributed by atoms with Crippen LogP contribution in [0.4, 0.5) is 4.79 Å². The van der Waals surface area contributed by atoms with E-state index >= 15 is 0 Å². The number of hydrogen-bond donors (Lipinski definition) is 2. The topological polar surface area (TPSA) is 110 Å². The summed E-state index contributed by atoms with van der Waals surface area (Å²) in [6.07, 6.45) is 6.08. The molecule has 0 aromatic rings. The minimum Gasteiger partial charge on any atom is -0.435 e. The highest BCUT2D eigenvalue weighted by Crippen LogP contribution is 2.68. The number of aliphatic hydroxyl groups is 2. The van der Waals surface area contributed by atoms with Crippen molar-refractivity contribution in [2.75, 3.05) is 13.2 Å². The Morgan fingerprint density at radius 1 is 1.21 bits per heavy atom. The minimum absolute atomic E-state index is 0.0119. The first kappa shape index (κ1) is 26.6. The molecule has 0 spiro atoms. The second kappa shape index (κ2) is 9.57. The lowest BCUT2D eigenvalue weighted by molar-refractivity contribution is -0.184. The molecule has 0 aromatic carbocycles. The number of Topliss-reactive ketones (excluding diaryl/α,β-unsaturated/α-hetero) is 1. The van der Waals surface area contributed by atoms with Crippen LogP contribution >= 0.6 is 0 Å². The maximum atomic E-state index is 13.2. The molecule has 3 fully saturated rings.